The van der Waals surface area contributed by atoms with Gasteiger partial charge in [0.25, 0.3) is 0 Å². The molecule has 2 saturated carbocycles. The molecule has 2 fully saturated rings. The van der Waals surface area contributed by atoms with E-state index in [2.05, 4.69) is 39.9 Å². The van der Waals surface area contributed by atoms with Gasteiger partial charge in [-0.05, 0) is 64.2 Å². The lowest BCUT2D eigenvalue weighted by Gasteiger charge is -2.14. The van der Waals surface area contributed by atoms with E-state index in [1.54, 1.807) is 6.20 Å². The third kappa shape index (κ3) is 9.03. The third-order valence-corrected chi connectivity index (χ3v) is 6.37. The van der Waals surface area contributed by atoms with Crippen LogP contribution < -0.4 is 10.9 Å². The molecule has 4 rings (SSSR count). The van der Waals surface area contributed by atoms with E-state index >= 15 is 0 Å². The number of H-pyrrole nitrogens is 1. The number of aromatic amines is 1. The standard InChI is InChI=1S/C22H27N5.C6H12.C2H6/c1-5-6-20(24-13-15(3)26-27-16(4)17-8-9-17)22-19(12-23)18-10-7-14(2)11-21(18)25-22;1-2-4-6-5-3-1;1-2/h5-7,10-11,13,16-17,25-27H,8-9H2,1-4H3;1-6H2;1-2H3/b6-5-,15-13+,24-20+;;/t16-;;/m0../s1. The van der Waals surface area contributed by atoms with Gasteiger partial charge in [-0.2, -0.15) is 5.26 Å². The lowest BCUT2D eigenvalue weighted by atomic mass is 10.0. The van der Waals surface area contributed by atoms with Crippen LogP contribution in [0.3, 0.4) is 0 Å². The van der Waals surface area contributed by atoms with Crippen LogP contribution in [0.25, 0.3) is 10.9 Å². The molecular formula is C30H45N5. The Labute approximate surface area is 212 Å². The Hall–Kier alpha value is -2.84. The first-order chi connectivity index (χ1) is 17.0. The summed E-state index contributed by atoms with van der Waals surface area (Å²) in [6, 6.07) is 8.85. The van der Waals surface area contributed by atoms with Gasteiger partial charge in [0.15, 0.2) is 0 Å². The van der Waals surface area contributed by atoms with Crippen molar-refractivity contribution in [2.24, 2.45) is 10.9 Å². The molecule has 0 amide bonds. The zero-order valence-electron chi connectivity index (χ0n) is 22.7. The van der Waals surface area contributed by atoms with Crippen LogP contribution in [0.5, 0.6) is 0 Å². The normalized spacial score (nSPS) is 17.2. The molecule has 0 bridgehead atoms. The number of nitrogens with one attached hydrogen (secondary N) is 3. The van der Waals surface area contributed by atoms with E-state index in [0.29, 0.717) is 11.6 Å². The summed E-state index contributed by atoms with van der Waals surface area (Å²) in [6.07, 6.45) is 17.3. The minimum atomic E-state index is 0.453. The van der Waals surface area contributed by atoms with Gasteiger partial charge >= 0.3 is 0 Å². The maximum atomic E-state index is 9.69. The number of rotatable bonds is 7. The predicted octanol–water partition coefficient (Wildman–Crippen LogP) is 7.83. The summed E-state index contributed by atoms with van der Waals surface area (Å²) in [5.74, 6) is 0.778. The van der Waals surface area contributed by atoms with E-state index in [1.165, 1.54) is 51.4 Å². The number of benzene rings is 1. The third-order valence-electron chi connectivity index (χ3n) is 6.37. The number of allylic oxidation sites excluding steroid dienone is 3. The van der Waals surface area contributed by atoms with Crippen molar-refractivity contribution in [1.82, 2.24) is 15.8 Å². The fourth-order valence-corrected chi connectivity index (χ4v) is 4.17. The number of hydrazine groups is 1. The number of hydrogen-bond donors (Lipinski definition) is 3. The minimum absolute atomic E-state index is 0.453. The van der Waals surface area contributed by atoms with Crippen LogP contribution in [0, 0.1) is 24.2 Å². The van der Waals surface area contributed by atoms with Gasteiger partial charge < -0.3 is 10.4 Å². The molecule has 35 heavy (non-hydrogen) atoms. The van der Waals surface area contributed by atoms with Gasteiger partial charge in [0.1, 0.15) is 6.07 Å². The van der Waals surface area contributed by atoms with Crippen molar-refractivity contribution in [3.8, 4) is 6.07 Å². The summed E-state index contributed by atoms with van der Waals surface area (Å²) in [7, 11) is 0. The van der Waals surface area contributed by atoms with E-state index in [-0.39, 0.29) is 0 Å². The SMILES string of the molecule is C1CCCCC1.CC.C\C=C/C(=N\C=C(/C)NN[C@@H](C)C1CC1)c1[nH]c2cc(C)ccc2c1C#N. The molecule has 2 aliphatic carbocycles. The molecule has 1 heterocycles. The van der Waals surface area contributed by atoms with Gasteiger partial charge in [0.05, 0.1) is 17.0 Å². The zero-order chi connectivity index (χ0) is 25.6. The summed E-state index contributed by atoms with van der Waals surface area (Å²) in [4.78, 5) is 8.00. The van der Waals surface area contributed by atoms with E-state index in [9.17, 15) is 5.26 Å². The van der Waals surface area contributed by atoms with Crippen molar-refractivity contribution in [2.45, 2.75) is 99.0 Å². The number of nitrogens with zero attached hydrogens (tertiary/aromatic N) is 2. The van der Waals surface area contributed by atoms with E-state index in [4.69, 9.17) is 0 Å². The number of hydrogen-bond acceptors (Lipinski definition) is 4. The highest BCUT2D eigenvalue weighted by molar-refractivity contribution is 6.12. The van der Waals surface area contributed by atoms with Crippen molar-refractivity contribution >= 4 is 16.6 Å². The summed E-state index contributed by atoms with van der Waals surface area (Å²) < 4.78 is 0. The fraction of sp³-hybridized carbons (Fsp3) is 0.533. The average molecular weight is 476 g/mol. The van der Waals surface area contributed by atoms with Gasteiger partial charge in [-0.1, -0.05) is 70.6 Å². The lowest BCUT2D eigenvalue weighted by molar-refractivity contribution is 0.449. The average Bonchev–Trinajstić information content (AvgIpc) is 3.68. The van der Waals surface area contributed by atoms with Crippen LogP contribution in [0.2, 0.25) is 0 Å². The molecule has 0 unspecified atom stereocenters. The van der Waals surface area contributed by atoms with Crippen molar-refractivity contribution in [1.29, 1.82) is 5.26 Å². The number of fused-ring (bicyclic) bond motifs is 1. The first-order valence-corrected chi connectivity index (χ1v) is 13.4. The van der Waals surface area contributed by atoms with Crippen LogP contribution in [0.1, 0.15) is 103 Å². The molecule has 0 radical (unpaired) electrons. The maximum absolute atomic E-state index is 9.69. The van der Waals surface area contributed by atoms with Gasteiger partial charge in [-0.3, -0.25) is 4.99 Å². The second-order valence-corrected chi connectivity index (χ2v) is 9.38. The molecule has 1 aromatic heterocycles. The fourth-order valence-electron chi connectivity index (χ4n) is 4.17. The Bertz CT molecular complexity index is 1030. The molecule has 0 saturated heterocycles. The summed E-state index contributed by atoms with van der Waals surface area (Å²) in [5, 5.41) is 10.6. The Morgan fingerprint density at radius 1 is 1.14 bits per heavy atom. The summed E-state index contributed by atoms with van der Waals surface area (Å²) >= 11 is 0. The molecule has 3 N–H and O–H groups in total. The highest BCUT2D eigenvalue weighted by Crippen LogP contribution is 2.32. The molecule has 1 atom stereocenters. The van der Waals surface area contributed by atoms with Crippen LogP contribution in [-0.2, 0) is 0 Å². The minimum Gasteiger partial charge on any atom is -0.352 e. The van der Waals surface area contributed by atoms with E-state index < -0.39 is 0 Å². The van der Waals surface area contributed by atoms with Gasteiger partial charge in [-0.15, -0.1) is 0 Å². The van der Waals surface area contributed by atoms with Gasteiger partial charge in [0, 0.05) is 28.8 Å². The molecule has 2 aromatic rings. The van der Waals surface area contributed by atoms with Crippen molar-refractivity contribution in [3.05, 3.63) is 59.1 Å². The highest BCUT2D eigenvalue weighted by atomic mass is 15.4. The van der Waals surface area contributed by atoms with Crippen molar-refractivity contribution < 1.29 is 0 Å². The van der Waals surface area contributed by atoms with Crippen LogP contribution in [-0.4, -0.2) is 16.7 Å². The largest absolute Gasteiger partial charge is 0.352 e. The molecule has 1 aromatic carbocycles. The molecule has 0 spiro atoms. The molecular weight excluding hydrogens is 430 g/mol. The van der Waals surface area contributed by atoms with Gasteiger partial charge in [-0.25, -0.2) is 5.43 Å². The Balaban J connectivity index is 0.000000463. The summed E-state index contributed by atoms with van der Waals surface area (Å²) in [6.45, 7) is 12.2. The quantitative estimate of drug-likeness (QED) is 0.282. The second kappa shape index (κ2) is 15.2. The van der Waals surface area contributed by atoms with Crippen LogP contribution >= 0.6 is 0 Å². The number of aryl methyl sites for hydroxylation is 1. The van der Waals surface area contributed by atoms with E-state index in [1.807, 2.05) is 58.9 Å². The number of aliphatic imine (C=N–C) groups is 1. The first kappa shape index (κ1) is 28.4. The molecule has 5 heteroatoms. The molecule has 2 aliphatic rings. The monoisotopic (exact) mass is 475 g/mol. The Morgan fingerprint density at radius 2 is 1.77 bits per heavy atom. The zero-order valence-corrected chi connectivity index (χ0v) is 22.7. The van der Waals surface area contributed by atoms with Crippen LogP contribution in [0.4, 0.5) is 0 Å². The Kier molecular flexibility index (Phi) is 12.3. The number of nitriles is 1. The summed E-state index contributed by atoms with van der Waals surface area (Å²) in [5.41, 5.74) is 11.7. The second-order valence-electron chi connectivity index (χ2n) is 9.38. The topological polar surface area (TPSA) is 76.0 Å². The van der Waals surface area contributed by atoms with Gasteiger partial charge in [0.2, 0.25) is 0 Å². The number of aromatic nitrogens is 1. The first-order valence-electron chi connectivity index (χ1n) is 13.4. The molecule has 5 nitrogen and oxygen atoms in total. The molecule has 0 aliphatic heterocycles. The lowest BCUT2D eigenvalue weighted by Crippen LogP contribution is -2.39. The molecule has 190 valence electrons. The van der Waals surface area contributed by atoms with Crippen LogP contribution in [0.15, 0.2) is 47.2 Å². The van der Waals surface area contributed by atoms with Crippen molar-refractivity contribution in [2.75, 3.05) is 0 Å². The maximum Gasteiger partial charge on any atom is 0.102 e. The van der Waals surface area contributed by atoms with E-state index in [0.717, 1.165) is 39.5 Å². The highest BCUT2D eigenvalue weighted by Gasteiger charge is 2.27. The Morgan fingerprint density at radius 3 is 2.31 bits per heavy atom. The van der Waals surface area contributed by atoms with Crippen molar-refractivity contribution in [3.63, 3.8) is 0 Å². The predicted molar refractivity (Wildman–Crippen MR) is 150 cm³/mol. The smallest absolute Gasteiger partial charge is 0.102 e.